The highest BCUT2D eigenvalue weighted by Gasteiger charge is 2.25. The zero-order valence-electron chi connectivity index (χ0n) is 15.3. The van der Waals surface area contributed by atoms with E-state index < -0.39 is 10.0 Å². The molecule has 0 aliphatic carbocycles. The Bertz CT molecular complexity index is 867. The summed E-state index contributed by atoms with van der Waals surface area (Å²) in [5.41, 5.74) is 7.47. The van der Waals surface area contributed by atoms with Crippen LogP contribution in [0.3, 0.4) is 0 Å². The lowest BCUT2D eigenvalue weighted by Crippen LogP contribution is -2.37. The smallest absolute Gasteiger partial charge is 0.243 e. The molecule has 0 saturated carbocycles. The van der Waals surface area contributed by atoms with Crippen molar-refractivity contribution in [3.63, 3.8) is 0 Å². The highest BCUT2D eigenvalue weighted by atomic mass is 32.2. The number of amides is 1. The van der Waals surface area contributed by atoms with Gasteiger partial charge in [-0.3, -0.25) is 4.79 Å². The van der Waals surface area contributed by atoms with E-state index in [0.717, 1.165) is 17.7 Å². The number of hydrogen-bond acceptors (Lipinski definition) is 4. The molecule has 0 aromatic heterocycles. The van der Waals surface area contributed by atoms with Crippen molar-refractivity contribution in [1.29, 1.82) is 0 Å². The van der Waals surface area contributed by atoms with Gasteiger partial charge >= 0.3 is 0 Å². The fourth-order valence-corrected chi connectivity index (χ4v) is 4.72. The Morgan fingerprint density at radius 3 is 2.30 bits per heavy atom. The van der Waals surface area contributed by atoms with E-state index in [-0.39, 0.29) is 23.9 Å². The molecule has 27 heavy (non-hydrogen) atoms. The summed E-state index contributed by atoms with van der Waals surface area (Å²) in [6.45, 7) is 1.58. The largest absolute Gasteiger partial charge is 0.329 e. The van der Waals surface area contributed by atoms with Gasteiger partial charge in [-0.2, -0.15) is 4.31 Å². The second kappa shape index (κ2) is 8.65. The first-order valence-corrected chi connectivity index (χ1v) is 10.6. The van der Waals surface area contributed by atoms with Crippen LogP contribution < -0.4 is 10.6 Å². The molecule has 1 amide bonds. The van der Waals surface area contributed by atoms with E-state index in [1.54, 1.807) is 29.2 Å². The highest BCUT2D eigenvalue weighted by molar-refractivity contribution is 7.89. The minimum Gasteiger partial charge on any atom is -0.329 e. The average molecular weight is 388 g/mol. The van der Waals surface area contributed by atoms with Gasteiger partial charge in [0.2, 0.25) is 15.9 Å². The Kier molecular flexibility index (Phi) is 6.26. The fourth-order valence-electron chi connectivity index (χ4n) is 3.26. The van der Waals surface area contributed by atoms with Crippen LogP contribution in [0.4, 0.5) is 5.69 Å². The second-order valence-electron chi connectivity index (χ2n) is 6.57. The third-order valence-corrected chi connectivity index (χ3v) is 6.64. The first kappa shape index (κ1) is 19.5. The maximum atomic E-state index is 13.0. The Morgan fingerprint density at radius 1 is 1.00 bits per heavy atom. The predicted molar refractivity (Wildman–Crippen MR) is 106 cm³/mol. The van der Waals surface area contributed by atoms with Crippen LogP contribution in [0.15, 0.2) is 59.5 Å². The van der Waals surface area contributed by atoms with Crippen molar-refractivity contribution in [2.45, 2.75) is 24.2 Å². The summed E-state index contributed by atoms with van der Waals surface area (Å²) in [6, 6.07) is 16.3. The topological polar surface area (TPSA) is 83.7 Å². The average Bonchev–Trinajstić information content (AvgIpc) is 3.12. The molecule has 2 N–H and O–H groups in total. The maximum absolute atomic E-state index is 13.0. The summed E-state index contributed by atoms with van der Waals surface area (Å²) in [4.78, 5) is 13.8. The molecule has 1 fully saturated rings. The van der Waals surface area contributed by atoms with Gasteiger partial charge in [0.15, 0.2) is 0 Å². The van der Waals surface area contributed by atoms with E-state index in [0.29, 0.717) is 25.9 Å². The van der Waals surface area contributed by atoms with Gasteiger partial charge in [0, 0.05) is 38.3 Å². The summed E-state index contributed by atoms with van der Waals surface area (Å²) in [7, 11) is -3.64. The molecule has 7 heteroatoms. The molecule has 2 aromatic carbocycles. The van der Waals surface area contributed by atoms with Crippen molar-refractivity contribution >= 4 is 21.6 Å². The first-order chi connectivity index (χ1) is 13.0. The molecular formula is C20H25N3O3S. The van der Waals surface area contributed by atoms with Crippen molar-refractivity contribution in [2.24, 2.45) is 5.73 Å². The van der Waals surface area contributed by atoms with E-state index in [1.807, 2.05) is 30.3 Å². The molecule has 2 aromatic rings. The third kappa shape index (κ3) is 4.55. The molecule has 1 heterocycles. The number of nitrogens with zero attached hydrogens (tertiary/aromatic N) is 2. The van der Waals surface area contributed by atoms with Crippen LogP contribution in [0.2, 0.25) is 0 Å². The van der Waals surface area contributed by atoms with Crippen molar-refractivity contribution < 1.29 is 13.2 Å². The molecule has 1 aliphatic heterocycles. The zero-order chi connectivity index (χ0) is 19.3. The van der Waals surface area contributed by atoms with Gasteiger partial charge < -0.3 is 10.6 Å². The Balaban J connectivity index is 1.76. The van der Waals surface area contributed by atoms with Crippen molar-refractivity contribution in [3.05, 3.63) is 60.2 Å². The van der Waals surface area contributed by atoms with E-state index >= 15 is 0 Å². The van der Waals surface area contributed by atoms with Crippen LogP contribution in [-0.4, -0.2) is 44.8 Å². The van der Waals surface area contributed by atoms with E-state index in [2.05, 4.69) is 0 Å². The molecule has 1 saturated heterocycles. The fraction of sp³-hybridized carbons (Fsp3) is 0.350. The number of anilines is 1. The molecule has 0 unspecified atom stereocenters. The molecule has 1 aliphatic rings. The highest BCUT2D eigenvalue weighted by Crippen LogP contribution is 2.24. The number of carbonyl (C=O) groups is 1. The monoisotopic (exact) mass is 387 g/mol. The molecule has 6 nitrogen and oxygen atoms in total. The van der Waals surface area contributed by atoms with Crippen LogP contribution >= 0.6 is 0 Å². The van der Waals surface area contributed by atoms with E-state index in [9.17, 15) is 13.2 Å². The maximum Gasteiger partial charge on any atom is 0.243 e. The van der Waals surface area contributed by atoms with Crippen LogP contribution in [0.25, 0.3) is 0 Å². The summed E-state index contributed by atoms with van der Waals surface area (Å²) >= 11 is 0. The second-order valence-corrected chi connectivity index (χ2v) is 8.51. The number of rotatable bonds is 8. The zero-order valence-corrected chi connectivity index (χ0v) is 16.1. The van der Waals surface area contributed by atoms with Gasteiger partial charge in [-0.25, -0.2) is 8.42 Å². The lowest BCUT2D eigenvalue weighted by Gasteiger charge is -2.22. The van der Waals surface area contributed by atoms with Crippen LogP contribution in [0.5, 0.6) is 0 Å². The summed E-state index contributed by atoms with van der Waals surface area (Å²) < 4.78 is 27.5. The van der Waals surface area contributed by atoms with E-state index in [4.69, 9.17) is 5.73 Å². The molecule has 0 radical (unpaired) electrons. The van der Waals surface area contributed by atoms with Gasteiger partial charge in [-0.1, -0.05) is 30.3 Å². The number of carbonyl (C=O) groups excluding carboxylic acids is 1. The van der Waals surface area contributed by atoms with Crippen molar-refractivity contribution in [2.75, 3.05) is 31.1 Å². The van der Waals surface area contributed by atoms with Gasteiger partial charge in [0.05, 0.1) is 4.90 Å². The quantitative estimate of drug-likeness (QED) is 0.751. The molecule has 0 atom stereocenters. The lowest BCUT2D eigenvalue weighted by atomic mass is 10.1. The molecule has 144 valence electrons. The normalized spacial score (nSPS) is 14.9. The Labute approximate surface area is 160 Å². The standard InChI is InChI=1S/C20H25N3O3S/c21-13-16-22(15-12-17-5-2-1-3-6-17)27(25,26)19-10-8-18(9-11-19)23-14-4-7-20(23)24/h1-3,5-6,8-11H,4,7,12-16,21H2. The number of benzene rings is 2. The molecule has 3 rings (SSSR count). The number of hydrogen-bond donors (Lipinski definition) is 1. The van der Waals surface area contributed by atoms with Gasteiger partial charge in [-0.05, 0) is 42.7 Å². The molecule has 0 bridgehead atoms. The Hall–Kier alpha value is -2.22. The van der Waals surface area contributed by atoms with E-state index in [1.165, 1.54) is 4.31 Å². The first-order valence-electron chi connectivity index (χ1n) is 9.17. The summed E-state index contributed by atoms with van der Waals surface area (Å²) in [6.07, 6.45) is 2.01. The van der Waals surface area contributed by atoms with Gasteiger partial charge in [0.1, 0.15) is 0 Å². The number of sulfonamides is 1. The van der Waals surface area contributed by atoms with Crippen LogP contribution in [0.1, 0.15) is 18.4 Å². The lowest BCUT2D eigenvalue weighted by molar-refractivity contribution is -0.117. The number of nitrogens with two attached hydrogens (primary N) is 1. The van der Waals surface area contributed by atoms with Gasteiger partial charge in [-0.15, -0.1) is 0 Å². The van der Waals surface area contributed by atoms with Crippen LogP contribution in [-0.2, 0) is 21.2 Å². The minimum absolute atomic E-state index is 0.0817. The SMILES string of the molecule is NCCN(CCc1ccccc1)S(=O)(=O)c1ccc(N2CCCC2=O)cc1. The van der Waals surface area contributed by atoms with Gasteiger partial charge in [0.25, 0.3) is 0 Å². The Morgan fingerprint density at radius 2 is 1.70 bits per heavy atom. The predicted octanol–water partition coefficient (Wildman–Crippen LogP) is 2.01. The van der Waals surface area contributed by atoms with Crippen molar-refractivity contribution in [3.8, 4) is 0 Å². The van der Waals surface area contributed by atoms with Crippen LogP contribution in [0, 0.1) is 0 Å². The molecular weight excluding hydrogens is 362 g/mol. The van der Waals surface area contributed by atoms with Crippen molar-refractivity contribution in [1.82, 2.24) is 4.31 Å². The minimum atomic E-state index is -3.64. The third-order valence-electron chi connectivity index (χ3n) is 4.73. The summed E-state index contributed by atoms with van der Waals surface area (Å²) in [5.74, 6) is 0.0817. The summed E-state index contributed by atoms with van der Waals surface area (Å²) in [5, 5.41) is 0. The molecule has 0 spiro atoms.